The van der Waals surface area contributed by atoms with Gasteiger partial charge in [0.1, 0.15) is 6.04 Å². The largest absolute Gasteiger partial charge is 0.396 e. The second-order valence-corrected chi connectivity index (χ2v) is 5.29. The maximum atomic E-state index is 12.2. The first-order valence-corrected chi connectivity index (χ1v) is 6.81. The van der Waals surface area contributed by atoms with Crippen molar-refractivity contribution in [3.63, 3.8) is 0 Å². The summed E-state index contributed by atoms with van der Waals surface area (Å²) in [4.78, 5) is 16.0. The van der Waals surface area contributed by atoms with Crippen molar-refractivity contribution in [1.29, 1.82) is 0 Å². The van der Waals surface area contributed by atoms with Gasteiger partial charge in [-0.2, -0.15) is 0 Å². The number of carbonyl (C=O) groups is 1. The molecule has 1 aliphatic rings. The second kappa shape index (κ2) is 5.71. The number of hydrogen-bond acceptors (Lipinski definition) is 3. The molecule has 1 aliphatic heterocycles. The third-order valence-electron chi connectivity index (χ3n) is 3.28. The highest BCUT2D eigenvalue weighted by Gasteiger charge is 2.33. The normalized spacial score (nSPS) is 20.4. The van der Waals surface area contributed by atoms with Crippen LogP contribution in [0.2, 0.25) is 0 Å². The minimum Gasteiger partial charge on any atom is -0.396 e. The number of para-hydroxylation sites is 1. The molecule has 1 atom stereocenters. The van der Waals surface area contributed by atoms with Gasteiger partial charge in [-0.1, -0.05) is 12.1 Å². The maximum Gasteiger partial charge on any atom is 0.245 e. The van der Waals surface area contributed by atoms with Crippen molar-refractivity contribution in [3.05, 3.63) is 28.7 Å². The quantitative estimate of drug-likeness (QED) is 0.919. The summed E-state index contributed by atoms with van der Waals surface area (Å²) in [6.07, 6.45) is 0.463. The lowest BCUT2D eigenvalue weighted by Crippen LogP contribution is -2.56. The summed E-state index contributed by atoms with van der Waals surface area (Å²) in [5, 5.41) is 9.15. The first kappa shape index (κ1) is 13.4. The molecular weight excluding hydrogens is 296 g/mol. The van der Waals surface area contributed by atoms with Gasteiger partial charge in [0.2, 0.25) is 5.91 Å². The van der Waals surface area contributed by atoms with Crippen molar-refractivity contribution in [2.24, 2.45) is 0 Å². The number of benzene rings is 1. The third-order valence-corrected chi connectivity index (χ3v) is 3.95. The average molecular weight is 313 g/mol. The Bertz CT molecular complexity index is 439. The fourth-order valence-electron chi connectivity index (χ4n) is 2.29. The van der Waals surface area contributed by atoms with E-state index in [1.165, 1.54) is 0 Å². The molecule has 1 aromatic rings. The molecular formula is C13H17BrN2O2. The lowest BCUT2D eigenvalue weighted by atomic mass is 10.1. The predicted molar refractivity (Wildman–Crippen MR) is 74.6 cm³/mol. The van der Waals surface area contributed by atoms with Crippen LogP contribution < -0.4 is 4.90 Å². The van der Waals surface area contributed by atoms with E-state index in [1.807, 2.05) is 31.3 Å². The van der Waals surface area contributed by atoms with Crippen LogP contribution in [0, 0.1) is 0 Å². The molecule has 0 spiro atoms. The number of piperazine rings is 1. The van der Waals surface area contributed by atoms with E-state index < -0.39 is 0 Å². The Morgan fingerprint density at radius 3 is 2.78 bits per heavy atom. The summed E-state index contributed by atoms with van der Waals surface area (Å²) in [6.45, 7) is 1.52. The fraction of sp³-hybridized carbons (Fsp3) is 0.462. The van der Waals surface area contributed by atoms with Gasteiger partial charge in [0, 0.05) is 31.2 Å². The van der Waals surface area contributed by atoms with E-state index in [4.69, 9.17) is 5.11 Å². The summed E-state index contributed by atoms with van der Waals surface area (Å²) in [5.41, 5.74) is 1.01. The van der Waals surface area contributed by atoms with E-state index in [0.717, 1.165) is 16.7 Å². The van der Waals surface area contributed by atoms with Crippen molar-refractivity contribution in [3.8, 4) is 0 Å². The predicted octanol–water partition coefficient (Wildman–Crippen LogP) is 1.48. The topological polar surface area (TPSA) is 43.8 Å². The van der Waals surface area contributed by atoms with Gasteiger partial charge in [-0.25, -0.2) is 0 Å². The molecule has 0 aliphatic carbocycles. The lowest BCUT2D eigenvalue weighted by molar-refractivity contribution is -0.133. The van der Waals surface area contributed by atoms with E-state index in [2.05, 4.69) is 20.8 Å². The number of amides is 1. The summed E-state index contributed by atoms with van der Waals surface area (Å²) >= 11 is 3.52. The number of aliphatic hydroxyl groups excluding tert-OH is 1. The molecule has 2 rings (SSSR count). The van der Waals surface area contributed by atoms with Crippen LogP contribution in [0.15, 0.2) is 28.7 Å². The molecule has 4 nitrogen and oxygen atoms in total. The first-order chi connectivity index (χ1) is 8.65. The molecule has 0 aromatic heterocycles. The van der Waals surface area contributed by atoms with Gasteiger partial charge in [-0.3, -0.25) is 4.79 Å². The lowest BCUT2D eigenvalue weighted by Gasteiger charge is -2.40. The number of nitrogens with zero attached hydrogens (tertiary/aromatic N) is 2. The number of likely N-dealkylation sites (N-methyl/N-ethyl adjacent to an activating group) is 1. The number of aliphatic hydroxyl groups is 1. The van der Waals surface area contributed by atoms with Crippen molar-refractivity contribution >= 4 is 27.5 Å². The molecule has 1 N–H and O–H groups in total. The minimum absolute atomic E-state index is 0.0190. The first-order valence-electron chi connectivity index (χ1n) is 6.02. The van der Waals surface area contributed by atoms with Crippen LogP contribution in [0.25, 0.3) is 0 Å². The zero-order chi connectivity index (χ0) is 13.1. The molecule has 1 fully saturated rings. The number of anilines is 1. The molecule has 1 heterocycles. The smallest absolute Gasteiger partial charge is 0.245 e. The van der Waals surface area contributed by atoms with Gasteiger partial charge in [-0.15, -0.1) is 0 Å². The van der Waals surface area contributed by atoms with Crippen LogP contribution in [-0.2, 0) is 4.79 Å². The Kier molecular flexibility index (Phi) is 4.24. The van der Waals surface area contributed by atoms with Crippen molar-refractivity contribution in [2.45, 2.75) is 12.5 Å². The van der Waals surface area contributed by atoms with Crippen molar-refractivity contribution in [1.82, 2.24) is 4.90 Å². The van der Waals surface area contributed by atoms with Crippen LogP contribution in [-0.4, -0.2) is 48.7 Å². The van der Waals surface area contributed by atoms with E-state index in [-0.39, 0.29) is 18.6 Å². The molecule has 0 radical (unpaired) electrons. The SMILES string of the molecule is CN1CCN(c2ccccc2Br)C(CCO)C1=O. The van der Waals surface area contributed by atoms with Crippen LogP contribution >= 0.6 is 15.9 Å². The van der Waals surface area contributed by atoms with Crippen molar-refractivity contribution in [2.75, 3.05) is 31.6 Å². The molecule has 1 unspecified atom stereocenters. The maximum absolute atomic E-state index is 12.2. The minimum atomic E-state index is -0.271. The number of halogens is 1. The van der Waals surface area contributed by atoms with Gasteiger partial charge < -0.3 is 14.9 Å². The Morgan fingerprint density at radius 1 is 1.39 bits per heavy atom. The van der Waals surface area contributed by atoms with Crippen molar-refractivity contribution < 1.29 is 9.90 Å². The Hall–Kier alpha value is -1.07. The molecule has 0 bridgehead atoms. The summed E-state index contributed by atoms with van der Waals surface area (Å²) in [6, 6.07) is 7.60. The van der Waals surface area contributed by atoms with Crippen LogP contribution in [0.1, 0.15) is 6.42 Å². The monoisotopic (exact) mass is 312 g/mol. The summed E-state index contributed by atoms with van der Waals surface area (Å²) in [7, 11) is 1.81. The summed E-state index contributed by atoms with van der Waals surface area (Å²) in [5.74, 6) is 0.0750. The standard InChI is InChI=1S/C13H17BrN2O2/c1-15-7-8-16(12(6-9-17)13(15)18)11-5-3-2-4-10(11)14/h2-5,12,17H,6-9H2,1H3. The zero-order valence-electron chi connectivity index (χ0n) is 10.3. The van der Waals surface area contributed by atoms with Gasteiger partial charge in [0.25, 0.3) is 0 Å². The molecule has 98 valence electrons. The molecule has 0 saturated carbocycles. The Balaban J connectivity index is 2.30. The Morgan fingerprint density at radius 2 is 2.11 bits per heavy atom. The number of rotatable bonds is 3. The number of hydrogen-bond donors (Lipinski definition) is 1. The molecule has 18 heavy (non-hydrogen) atoms. The summed E-state index contributed by atoms with van der Waals surface area (Å²) < 4.78 is 0.977. The van der Waals surface area contributed by atoms with Gasteiger partial charge >= 0.3 is 0 Å². The van der Waals surface area contributed by atoms with Gasteiger partial charge in [-0.05, 0) is 34.5 Å². The van der Waals surface area contributed by atoms with E-state index in [1.54, 1.807) is 4.90 Å². The fourth-order valence-corrected chi connectivity index (χ4v) is 2.80. The van der Waals surface area contributed by atoms with E-state index >= 15 is 0 Å². The van der Waals surface area contributed by atoms with Crippen LogP contribution in [0.3, 0.4) is 0 Å². The zero-order valence-corrected chi connectivity index (χ0v) is 11.9. The third kappa shape index (κ3) is 2.52. The van der Waals surface area contributed by atoms with Crippen LogP contribution in [0.4, 0.5) is 5.69 Å². The highest BCUT2D eigenvalue weighted by atomic mass is 79.9. The van der Waals surface area contributed by atoms with Gasteiger partial charge in [0.15, 0.2) is 0 Å². The Labute approximate surface area is 115 Å². The highest BCUT2D eigenvalue weighted by molar-refractivity contribution is 9.10. The molecule has 5 heteroatoms. The average Bonchev–Trinajstić information content (AvgIpc) is 2.37. The molecule has 1 aromatic carbocycles. The molecule has 1 amide bonds. The van der Waals surface area contributed by atoms with Crippen LogP contribution in [0.5, 0.6) is 0 Å². The van der Waals surface area contributed by atoms with Gasteiger partial charge in [0.05, 0.1) is 5.69 Å². The highest BCUT2D eigenvalue weighted by Crippen LogP contribution is 2.29. The second-order valence-electron chi connectivity index (χ2n) is 4.43. The number of carbonyl (C=O) groups excluding carboxylic acids is 1. The van der Waals surface area contributed by atoms with E-state index in [9.17, 15) is 4.79 Å². The molecule has 1 saturated heterocycles. The van der Waals surface area contributed by atoms with E-state index in [0.29, 0.717) is 13.0 Å².